The molecule has 1 N–H and O–H groups in total. The number of hydrogen-bond donors (Lipinski definition) is 1. The van der Waals surface area contributed by atoms with Crippen molar-refractivity contribution in [1.82, 2.24) is 0 Å². The number of allylic oxidation sites excluding steroid dienone is 1. The van der Waals surface area contributed by atoms with Gasteiger partial charge in [-0.1, -0.05) is 19.9 Å². The van der Waals surface area contributed by atoms with E-state index in [0.29, 0.717) is 24.7 Å². The number of fused-ring (bicyclic) bond motifs is 1. The van der Waals surface area contributed by atoms with Gasteiger partial charge in [-0.25, -0.2) is 4.79 Å². The third-order valence-electron chi connectivity index (χ3n) is 2.78. The standard InChI is InChI=1S/C14H16O4/c1-9(2)11(8-14(15)16)10-3-4-12-13(7-10)18-6-5-17-12/h3-4,7-9H,5-6H2,1-2H3,(H,15,16)/b11-8+. The van der Waals surface area contributed by atoms with E-state index in [2.05, 4.69) is 0 Å². The molecule has 0 saturated carbocycles. The molecule has 4 nitrogen and oxygen atoms in total. The lowest BCUT2D eigenvalue weighted by Gasteiger charge is -2.20. The van der Waals surface area contributed by atoms with E-state index in [9.17, 15) is 4.79 Å². The topological polar surface area (TPSA) is 55.8 Å². The molecule has 0 atom stereocenters. The Kier molecular flexibility index (Phi) is 3.55. The van der Waals surface area contributed by atoms with E-state index in [-0.39, 0.29) is 5.92 Å². The lowest BCUT2D eigenvalue weighted by molar-refractivity contribution is -0.131. The molecule has 0 saturated heterocycles. The normalized spacial score (nSPS) is 14.7. The molecule has 18 heavy (non-hydrogen) atoms. The second-order valence-corrected chi connectivity index (χ2v) is 4.45. The fourth-order valence-corrected chi connectivity index (χ4v) is 1.94. The highest BCUT2D eigenvalue weighted by Crippen LogP contribution is 2.34. The minimum absolute atomic E-state index is 0.128. The summed E-state index contributed by atoms with van der Waals surface area (Å²) in [6, 6.07) is 5.52. The third kappa shape index (κ3) is 2.64. The van der Waals surface area contributed by atoms with Gasteiger partial charge in [0.1, 0.15) is 13.2 Å². The van der Waals surface area contributed by atoms with Crippen LogP contribution in [0.1, 0.15) is 19.4 Å². The van der Waals surface area contributed by atoms with Crippen LogP contribution in [0.5, 0.6) is 11.5 Å². The number of rotatable bonds is 3. The van der Waals surface area contributed by atoms with Crippen LogP contribution in [0.4, 0.5) is 0 Å². The van der Waals surface area contributed by atoms with E-state index in [4.69, 9.17) is 14.6 Å². The maximum atomic E-state index is 10.8. The van der Waals surface area contributed by atoms with Crippen molar-refractivity contribution in [2.45, 2.75) is 13.8 Å². The third-order valence-corrected chi connectivity index (χ3v) is 2.78. The second-order valence-electron chi connectivity index (χ2n) is 4.45. The van der Waals surface area contributed by atoms with Crippen molar-refractivity contribution in [2.24, 2.45) is 5.92 Å². The first-order valence-corrected chi connectivity index (χ1v) is 5.92. The van der Waals surface area contributed by atoms with Crippen LogP contribution in [0.2, 0.25) is 0 Å². The molecule has 0 aliphatic carbocycles. The zero-order chi connectivity index (χ0) is 13.1. The van der Waals surface area contributed by atoms with Gasteiger partial charge in [-0.05, 0) is 29.2 Å². The van der Waals surface area contributed by atoms with Crippen LogP contribution in [-0.4, -0.2) is 24.3 Å². The van der Waals surface area contributed by atoms with E-state index < -0.39 is 5.97 Å². The molecule has 1 aliphatic rings. The zero-order valence-corrected chi connectivity index (χ0v) is 10.5. The van der Waals surface area contributed by atoms with Crippen LogP contribution in [0.3, 0.4) is 0 Å². The van der Waals surface area contributed by atoms with E-state index >= 15 is 0 Å². The lowest BCUT2D eigenvalue weighted by atomic mass is 9.94. The van der Waals surface area contributed by atoms with Gasteiger partial charge >= 0.3 is 5.97 Å². The van der Waals surface area contributed by atoms with Gasteiger partial charge in [0, 0.05) is 6.08 Å². The summed E-state index contributed by atoms with van der Waals surface area (Å²) in [5.41, 5.74) is 1.64. The number of benzene rings is 1. The highest BCUT2D eigenvalue weighted by molar-refractivity contribution is 5.90. The molecule has 96 valence electrons. The van der Waals surface area contributed by atoms with E-state index in [1.54, 1.807) is 0 Å². The molecule has 0 unspecified atom stereocenters. The second kappa shape index (κ2) is 5.12. The van der Waals surface area contributed by atoms with Crippen molar-refractivity contribution in [3.63, 3.8) is 0 Å². The molecule has 4 heteroatoms. The average Bonchev–Trinajstić information content (AvgIpc) is 2.35. The molecule has 1 aliphatic heterocycles. The average molecular weight is 248 g/mol. The van der Waals surface area contributed by atoms with Crippen LogP contribution in [0, 0.1) is 5.92 Å². The minimum Gasteiger partial charge on any atom is -0.486 e. The number of carboxylic acid groups (broad SMARTS) is 1. The molecule has 0 aromatic heterocycles. The Labute approximate surface area is 106 Å². The number of carbonyl (C=O) groups is 1. The molecule has 1 aromatic rings. The fraction of sp³-hybridized carbons (Fsp3) is 0.357. The number of ether oxygens (including phenoxy) is 2. The summed E-state index contributed by atoms with van der Waals surface area (Å²) in [7, 11) is 0. The highest BCUT2D eigenvalue weighted by Gasteiger charge is 2.15. The van der Waals surface area contributed by atoms with Crippen molar-refractivity contribution in [1.29, 1.82) is 0 Å². The molecule has 0 radical (unpaired) electrons. The number of aliphatic carboxylic acids is 1. The molecular weight excluding hydrogens is 232 g/mol. The monoisotopic (exact) mass is 248 g/mol. The first kappa shape index (κ1) is 12.5. The lowest BCUT2D eigenvalue weighted by Crippen LogP contribution is -2.15. The van der Waals surface area contributed by atoms with E-state index in [1.807, 2.05) is 32.0 Å². The SMILES string of the molecule is CC(C)/C(=C\C(=O)O)c1ccc2c(c1)OCCO2. The van der Waals surface area contributed by atoms with Crippen molar-refractivity contribution in [3.05, 3.63) is 29.8 Å². The van der Waals surface area contributed by atoms with Crippen LogP contribution < -0.4 is 9.47 Å². The zero-order valence-electron chi connectivity index (χ0n) is 10.5. The smallest absolute Gasteiger partial charge is 0.328 e. The number of carboxylic acids is 1. The Morgan fingerprint density at radius 1 is 1.28 bits per heavy atom. The Morgan fingerprint density at radius 2 is 1.94 bits per heavy atom. The summed E-state index contributed by atoms with van der Waals surface area (Å²) in [6.45, 7) is 5.00. The van der Waals surface area contributed by atoms with Gasteiger partial charge in [0.15, 0.2) is 11.5 Å². The van der Waals surface area contributed by atoms with Crippen molar-refractivity contribution >= 4 is 11.5 Å². The highest BCUT2D eigenvalue weighted by atomic mass is 16.6. The molecule has 0 amide bonds. The summed E-state index contributed by atoms with van der Waals surface area (Å²) >= 11 is 0. The van der Waals surface area contributed by atoms with Crippen molar-refractivity contribution in [3.8, 4) is 11.5 Å². The fourth-order valence-electron chi connectivity index (χ4n) is 1.94. The van der Waals surface area contributed by atoms with Gasteiger partial charge in [0.05, 0.1) is 0 Å². The first-order chi connectivity index (χ1) is 8.58. The van der Waals surface area contributed by atoms with Crippen LogP contribution in [-0.2, 0) is 4.79 Å². The van der Waals surface area contributed by atoms with Gasteiger partial charge < -0.3 is 14.6 Å². The molecule has 0 spiro atoms. The molecule has 0 bridgehead atoms. The van der Waals surface area contributed by atoms with Crippen molar-refractivity contribution in [2.75, 3.05) is 13.2 Å². The maximum absolute atomic E-state index is 10.8. The van der Waals surface area contributed by atoms with Crippen LogP contribution >= 0.6 is 0 Å². The van der Waals surface area contributed by atoms with E-state index in [0.717, 1.165) is 11.1 Å². The predicted octanol–water partition coefficient (Wildman–Crippen LogP) is 2.58. The minimum atomic E-state index is -0.936. The summed E-state index contributed by atoms with van der Waals surface area (Å²) in [5.74, 6) is 0.580. The maximum Gasteiger partial charge on any atom is 0.328 e. The molecular formula is C14H16O4. The van der Waals surface area contributed by atoms with Crippen molar-refractivity contribution < 1.29 is 19.4 Å². The summed E-state index contributed by atoms with van der Waals surface area (Å²) < 4.78 is 10.9. The number of hydrogen-bond acceptors (Lipinski definition) is 3. The Morgan fingerprint density at radius 3 is 2.56 bits per heavy atom. The van der Waals surface area contributed by atoms with Gasteiger partial charge in [-0.2, -0.15) is 0 Å². The largest absolute Gasteiger partial charge is 0.486 e. The van der Waals surface area contributed by atoms with E-state index in [1.165, 1.54) is 6.08 Å². The Hall–Kier alpha value is -1.97. The molecule has 1 heterocycles. The Bertz CT molecular complexity index is 489. The quantitative estimate of drug-likeness (QED) is 0.835. The van der Waals surface area contributed by atoms with Gasteiger partial charge in [-0.3, -0.25) is 0 Å². The van der Waals surface area contributed by atoms with Gasteiger partial charge in [0.25, 0.3) is 0 Å². The van der Waals surface area contributed by atoms with Gasteiger partial charge in [0.2, 0.25) is 0 Å². The molecule has 0 fully saturated rings. The first-order valence-electron chi connectivity index (χ1n) is 5.92. The molecule has 2 rings (SSSR count). The molecule has 1 aromatic carbocycles. The predicted molar refractivity (Wildman–Crippen MR) is 67.9 cm³/mol. The van der Waals surface area contributed by atoms with Crippen LogP contribution in [0.25, 0.3) is 5.57 Å². The summed E-state index contributed by atoms with van der Waals surface area (Å²) in [5, 5.41) is 8.90. The summed E-state index contributed by atoms with van der Waals surface area (Å²) in [6.07, 6.45) is 1.25. The summed E-state index contributed by atoms with van der Waals surface area (Å²) in [4.78, 5) is 10.8. The van der Waals surface area contributed by atoms with Gasteiger partial charge in [-0.15, -0.1) is 0 Å². The van der Waals surface area contributed by atoms with Crippen LogP contribution in [0.15, 0.2) is 24.3 Å². The Balaban J connectivity index is 2.40.